The Balaban J connectivity index is 1.46. The van der Waals surface area contributed by atoms with Crippen molar-refractivity contribution in [2.45, 2.75) is 19.8 Å². The van der Waals surface area contributed by atoms with E-state index < -0.39 is 0 Å². The molecule has 1 aromatic heterocycles. The number of pyridine rings is 1. The molecule has 0 unspecified atom stereocenters. The number of hydrogen-bond acceptors (Lipinski definition) is 3. The molecule has 4 fully saturated rings. The molecule has 5 heteroatoms. The van der Waals surface area contributed by atoms with Gasteiger partial charge < -0.3 is 4.98 Å². The maximum absolute atomic E-state index is 13.1. The van der Waals surface area contributed by atoms with Crippen LogP contribution in [-0.4, -0.2) is 16.8 Å². The normalized spacial score (nSPS) is 37.7. The van der Waals surface area contributed by atoms with Crippen LogP contribution in [0.15, 0.2) is 29.1 Å². The molecule has 0 spiro atoms. The van der Waals surface area contributed by atoms with Crippen molar-refractivity contribution in [3.05, 3.63) is 40.2 Å². The molecular formula is C20H18N2O3. The number of hydrogen-bond donors (Lipinski definition) is 1. The highest BCUT2D eigenvalue weighted by Crippen LogP contribution is 2.71. The van der Waals surface area contributed by atoms with Gasteiger partial charge in [-0.25, -0.2) is 4.90 Å². The molecule has 5 nitrogen and oxygen atoms in total. The Kier molecular flexibility index (Phi) is 2.33. The Hall–Kier alpha value is -2.43. The van der Waals surface area contributed by atoms with Crippen molar-refractivity contribution in [1.82, 2.24) is 4.98 Å². The van der Waals surface area contributed by atoms with E-state index in [1.165, 1.54) is 11.3 Å². The maximum Gasteiger partial charge on any atom is 0.248 e. The van der Waals surface area contributed by atoms with Crippen molar-refractivity contribution < 1.29 is 9.59 Å². The molecule has 1 N–H and O–H groups in total. The van der Waals surface area contributed by atoms with Gasteiger partial charge in [-0.3, -0.25) is 14.4 Å². The van der Waals surface area contributed by atoms with Gasteiger partial charge in [0, 0.05) is 11.5 Å². The highest BCUT2D eigenvalue weighted by atomic mass is 16.2. The number of aromatic nitrogens is 1. The first kappa shape index (κ1) is 13.8. The number of anilines is 1. The van der Waals surface area contributed by atoms with Crippen LogP contribution in [0.5, 0.6) is 0 Å². The third-order valence-corrected chi connectivity index (χ3v) is 7.15. The van der Waals surface area contributed by atoms with E-state index in [1.54, 1.807) is 12.1 Å². The number of benzene rings is 1. The van der Waals surface area contributed by atoms with Crippen LogP contribution in [0.3, 0.4) is 0 Å². The molecule has 25 heavy (non-hydrogen) atoms. The fourth-order valence-corrected chi connectivity index (χ4v) is 6.14. The lowest BCUT2D eigenvalue weighted by Gasteiger charge is -2.18. The largest absolute Gasteiger partial charge is 0.322 e. The average Bonchev–Trinajstić information content (AvgIpc) is 3.08. The van der Waals surface area contributed by atoms with Gasteiger partial charge in [0.15, 0.2) is 0 Å². The third kappa shape index (κ3) is 1.57. The lowest BCUT2D eigenvalue weighted by Crippen LogP contribution is -2.33. The van der Waals surface area contributed by atoms with Crippen LogP contribution in [0.4, 0.5) is 5.69 Å². The molecule has 2 aromatic rings. The average molecular weight is 334 g/mol. The lowest BCUT2D eigenvalue weighted by atomic mass is 9.81. The topological polar surface area (TPSA) is 70.2 Å². The number of imide groups is 1. The zero-order valence-corrected chi connectivity index (χ0v) is 13.9. The second kappa shape index (κ2) is 4.21. The molecular weight excluding hydrogens is 316 g/mol. The van der Waals surface area contributed by atoms with Gasteiger partial charge in [-0.05, 0) is 61.1 Å². The highest BCUT2D eigenvalue weighted by Gasteiger charge is 2.71. The molecule has 126 valence electrons. The van der Waals surface area contributed by atoms with Gasteiger partial charge in [0.25, 0.3) is 0 Å². The van der Waals surface area contributed by atoms with E-state index in [2.05, 4.69) is 4.98 Å². The Morgan fingerprint density at radius 2 is 1.56 bits per heavy atom. The zero-order valence-electron chi connectivity index (χ0n) is 13.9. The minimum absolute atomic E-state index is 0.0257. The first-order valence-electron chi connectivity index (χ1n) is 9.06. The SMILES string of the molecule is Cc1cc(=O)[nH]c2cc(N3C(=O)[C@@H]4[C@@H]5C[C@@H]([C@@H]6C[C@@H]65)[C@@H]4C3=O)ccc12. The standard InChI is InChI=1S/C20H18N2O3/c1-8-4-16(23)21-15-5-9(2-3-10(8)15)22-19(24)17-13-7-14(12-6-11(12)13)18(17)20(22)25/h2-5,11-14,17-18H,6-7H2,1H3,(H,21,23)/t11-,12+,13+,14-,17+,18-. The predicted octanol–water partition coefficient (Wildman–Crippen LogP) is 2.23. The van der Waals surface area contributed by atoms with E-state index in [0.717, 1.165) is 17.4 Å². The maximum atomic E-state index is 13.1. The van der Waals surface area contributed by atoms with Gasteiger partial charge in [0.2, 0.25) is 17.4 Å². The summed E-state index contributed by atoms with van der Waals surface area (Å²) in [5.74, 6) is 1.97. The summed E-state index contributed by atoms with van der Waals surface area (Å²) in [6.07, 6.45) is 2.29. The van der Waals surface area contributed by atoms with Gasteiger partial charge in [-0.15, -0.1) is 0 Å². The van der Waals surface area contributed by atoms with Gasteiger partial charge >= 0.3 is 0 Å². The van der Waals surface area contributed by atoms with Crippen molar-refractivity contribution in [2.75, 3.05) is 4.90 Å². The molecule has 6 rings (SSSR count). The summed E-state index contributed by atoms with van der Waals surface area (Å²) in [4.78, 5) is 42.1. The van der Waals surface area contributed by atoms with Crippen molar-refractivity contribution in [2.24, 2.45) is 35.5 Å². The number of aryl methyl sites for hydroxylation is 1. The van der Waals surface area contributed by atoms with E-state index in [0.29, 0.717) is 34.9 Å². The number of amides is 2. The molecule has 1 aromatic carbocycles. The number of fused-ring (bicyclic) bond motifs is 9. The van der Waals surface area contributed by atoms with Crippen LogP contribution < -0.4 is 10.5 Å². The molecule has 3 saturated carbocycles. The number of aromatic amines is 1. The summed E-state index contributed by atoms with van der Waals surface area (Å²) in [5.41, 5.74) is 1.98. The van der Waals surface area contributed by atoms with Crippen LogP contribution in [0.25, 0.3) is 10.9 Å². The first-order chi connectivity index (χ1) is 12.0. The van der Waals surface area contributed by atoms with E-state index in [-0.39, 0.29) is 29.2 Å². The number of carbonyl (C=O) groups is 2. The Labute approximate surface area is 144 Å². The minimum atomic E-state index is -0.170. The molecule has 0 radical (unpaired) electrons. The monoisotopic (exact) mass is 334 g/mol. The van der Waals surface area contributed by atoms with Crippen LogP contribution in [0.1, 0.15) is 18.4 Å². The van der Waals surface area contributed by atoms with Crippen LogP contribution in [0.2, 0.25) is 0 Å². The molecule has 4 aliphatic rings. The van der Waals surface area contributed by atoms with Crippen molar-refractivity contribution in [3.8, 4) is 0 Å². The lowest BCUT2D eigenvalue weighted by molar-refractivity contribution is -0.123. The van der Waals surface area contributed by atoms with Gasteiger partial charge in [-0.2, -0.15) is 0 Å². The Morgan fingerprint density at radius 3 is 2.24 bits per heavy atom. The minimum Gasteiger partial charge on any atom is -0.322 e. The Morgan fingerprint density at radius 1 is 0.920 bits per heavy atom. The van der Waals surface area contributed by atoms with E-state index in [9.17, 15) is 14.4 Å². The summed E-state index contributed by atoms with van der Waals surface area (Å²) in [7, 11) is 0. The van der Waals surface area contributed by atoms with Gasteiger partial charge in [0.05, 0.1) is 23.0 Å². The second-order valence-corrected chi connectivity index (χ2v) is 8.24. The fraction of sp³-hybridized carbons (Fsp3) is 0.450. The van der Waals surface area contributed by atoms with Gasteiger partial charge in [-0.1, -0.05) is 6.07 Å². The number of nitrogens with zero attached hydrogens (tertiary/aromatic N) is 1. The number of rotatable bonds is 1. The summed E-state index contributed by atoms with van der Waals surface area (Å²) in [6.45, 7) is 1.89. The van der Waals surface area contributed by atoms with Gasteiger partial charge in [0.1, 0.15) is 0 Å². The molecule has 1 saturated heterocycles. The van der Waals surface area contributed by atoms with Crippen molar-refractivity contribution in [3.63, 3.8) is 0 Å². The van der Waals surface area contributed by atoms with Crippen molar-refractivity contribution in [1.29, 1.82) is 0 Å². The molecule has 1 aliphatic heterocycles. The predicted molar refractivity (Wildman–Crippen MR) is 92.0 cm³/mol. The molecule has 2 amide bonds. The van der Waals surface area contributed by atoms with E-state index in [4.69, 9.17) is 0 Å². The highest BCUT2D eigenvalue weighted by molar-refractivity contribution is 6.23. The summed E-state index contributed by atoms with van der Waals surface area (Å²) in [5, 5.41) is 0.934. The first-order valence-corrected chi connectivity index (χ1v) is 9.06. The quantitative estimate of drug-likeness (QED) is 0.813. The zero-order chi connectivity index (χ0) is 17.0. The summed E-state index contributed by atoms with van der Waals surface area (Å²) >= 11 is 0. The van der Waals surface area contributed by atoms with Crippen molar-refractivity contribution >= 4 is 28.4 Å². The molecule has 2 heterocycles. The Bertz CT molecular complexity index is 1010. The van der Waals surface area contributed by atoms with Crippen LogP contribution >= 0.6 is 0 Å². The summed E-state index contributed by atoms with van der Waals surface area (Å²) in [6, 6.07) is 7.04. The smallest absolute Gasteiger partial charge is 0.248 e. The van der Waals surface area contributed by atoms with E-state index >= 15 is 0 Å². The van der Waals surface area contributed by atoms with Crippen LogP contribution in [0, 0.1) is 42.4 Å². The molecule has 2 bridgehead atoms. The fourth-order valence-electron chi connectivity index (χ4n) is 6.14. The molecule has 3 aliphatic carbocycles. The molecule has 6 atom stereocenters. The summed E-state index contributed by atoms with van der Waals surface area (Å²) < 4.78 is 0. The number of carbonyl (C=O) groups excluding carboxylic acids is 2. The third-order valence-electron chi connectivity index (χ3n) is 7.15. The second-order valence-electron chi connectivity index (χ2n) is 8.24. The van der Waals surface area contributed by atoms with Crippen LogP contribution in [-0.2, 0) is 9.59 Å². The number of H-pyrrole nitrogens is 1. The van der Waals surface area contributed by atoms with E-state index in [1.807, 2.05) is 19.1 Å². The number of nitrogens with one attached hydrogen (secondary N) is 1.